The standard InChI is InChI=1S/C14H17NO5S/c1-8-11(16)12(17)13(18)14(19-8)20-10-4-2-9(3-5-10)6-15-7-21/h2-5,8,11-14,16-18H,6H2,1H3/t8-,11-,12+,13+,14-/m0/s1. The van der Waals surface area contributed by atoms with Crippen molar-refractivity contribution in [1.29, 1.82) is 0 Å². The van der Waals surface area contributed by atoms with E-state index >= 15 is 0 Å². The molecule has 1 aromatic rings. The largest absolute Gasteiger partial charge is 0.462 e. The summed E-state index contributed by atoms with van der Waals surface area (Å²) in [5.74, 6) is 0.477. The van der Waals surface area contributed by atoms with E-state index in [1.54, 1.807) is 31.2 Å². The smallest absolute Gasteiger partial charge is 0.229 e. The van der Waals surface area contributed by atoms with E-state index in [0.717, 1.165) is 5.56 Å². The van der Waals surface area contributed by atoms with Crippen molar-refractivity contribution in [1.82, 2.24) is 0 Å². The molecule has 7 heteroatoms. The van der Waals surface area contributed by atoms with Crippen LogP contribution in [0.2, 0.25) is 0 Å². The van der Waals surface area contributed by atoms with Crippen molar-refractivity contribution in [2.75, 3.05) is 0 Å². The van der Waals surface area contributed by atoms with Crippen molar-refractivity contribution in [2.24, 2.45) is 4.99 Å². The molecule has 0 amide bonds. The van der Waals surface area contributed by atoms with Crippen LogP contribution in [0.5, 0.6) is 5.75 Å². The van der Waals surface area contributed by atoms with E-state index in [2.05, 4.69) is 22.4 Å². The van der Waals surface area contributed by atoms with Gasteiger partial charge in [-0.15, -0.1) is 0 Å². The highest BCUT2D eigenvalue weighted by Gasteiger charge is 2.43. The lowest BCUT2D eigenvalue weighted by Gasteiger charge is -2.38. The molecule has 0 bridgehead atoms. The molecular formula is C14H17NO5S. The van der Waals surface area contributed by atoms with Crippen LogP contribution in [-0.4, -0.2) is 51.2 Å². The van der Waals surface area contributed by atoms with Crippen LogP contribution in [0.15, 0.2) is 29.3 Å². The maximum Gasteiger partial charge on any atom is 0.229 e. The Kier molecular flexibility index (Phi) is 5.41. The molecule has 1 fully saturated rings. The van der Waals surface area contributed by atoms with Crippen molar-refractivity contribution < 1.29 is 24.8 Å². The fourth-order valence-corrected chi connectivity index (χ4v) is 2.11. The molecular weight excluding hydrogens is 294 g/mol. The summed E-state index contributed by atoms with van der Waals surface area (Å²) in [5, 5.41) is 31.5. The van der Waals surface area contributed by atoms with Crippen molar-refractivity contribution in [3.63, 3.8) is 0 Å². The zero-order valence-electron chi connectivity index (χ0n) is 11.4. The number of hydrogen-bond acceptors (Lipinski definition) is 7. The highest BCUT2D eigenvalue weighted by atomic mass is 32.1. The first-order chi connectivity index (χ1) is 10.0. The number of aliphatic imine (C=N–C) groups is 1. The van der Waals surface area contributed by atoms with Crippen LogP contribution in [0.25, 0.3) is 0 Å². The maximum atomic E-state index is 9.86. The molecule has 1 aromatic carbocycles. The van der Waals surface area contributed by atoms with E-state index in [1.807, 2.05) is 0 Å². The quantitative estimate of drug-likeness (QED) is 0.554. The molecule has 0 aliphatic carbocycles. The lowest BCUT2D eigenvalue weighted by Crippen LogP contribution is -2.58. The molecule has 0 spiro atoms. The lowest BCUT2D eigenvalue weighted by molar-refractivity contribution is -0.268. The van der Waals surface area contributed by atoms with Gasteiger partial charge in [0.1, 0.15) is 24.1 Å². The molecule has 21 heavy (non-hydrogen) atoms. The summed E-state index contributed by atoms with van der Waals surface area (Å²) in [6.07, 6.45) is -5.45. The maximum absolute atomic E-state index is 9.86. The Hall–Kier alpha value is -1.34. The molecule has 0 unspecified atom stereocenters. The molecule has 2 rings (SSSR count). The van der Waals surface area contributed by atoms with Gasteiger partial charge in [0, 0.05) is 0 Å². The first-order valence-electron chi connectivity index (χ1n) is 6.52. The van der Waals surface area contributed by atoms with E-state index in [4.69, 9.17) is 9.47 Å². The van der Waals surface area contributed by atoms with Gasteiger partial charge in [0.2, 0.25) is 6.29 Å². The lowest BCUT2D eigenvalue weighted by atomic mass is 10.00. The van der Waals surface area contributed by atoms with Gasteiger partial charge < -0.3 is 24.8 Å². The average Bonchev–Trinajstić information content (AvgIpc) is 2.50. The van der Waals surface area contributed by atoms with E-state index in [1.165, 1.54) is 0 Å². The van der Waals surface area contributed by atoms with Crippen LogP contribution >= 0.6 is 12.2 Å². The summed E-state index contributed by atoms with van der Waals surface area (Å²) in [7, 11) is 0. The highest BCUT2D eigenvalue weighted by Crippen LogP contribution is 2.24. The average molecular weight is 311 g/mol. The van der Waals surface area contributed by atoms with Gasteiger partial charge in [-0.1, -0.05) is 12.1 Å². The number of aliphatic hydroxyl groups excluding tert-OH is 3. The SMILES string of the molecule is C[C@@H]1O[C@@H](Oc2ccc(CN=C=S)cc2)[C@H](O)[C@H](O)[C@H]1O. The van der Waals surface area contributed by atoms with Crippen LogP contribution in [0, 0.1) is 0 Å². The Morgan fingerprint density at radius 1 is 1.19 bits per heavy atom. The number of thiocarbonyl (C=S) groups is 1. The fourth-order valence-electron chi connectivity index (χ4n) is 2.04. The normalized spacial score (nSPS) is 32.3. The van der Waals surface area contributed by atoms with Crippen molar-refractivity contribution >= 4 is 17.4 Å². The second-order valence-corrected chi connectivity index (χ2v) is 5.03. The van der Waals surface area contributed by atoms with Crippen LogP contribution < -0.4 is 4.74 Å². The summed E-state index contributed by atoms with van der Waals surface area (Å²) < 4.78 is 10.9. The third-order valence-corrected chi connectivity index (χ3v) is 3.44. The minimum absolute atomic E-state index is 0.439. The summed E-state index contributed by atoms with van der Waals surface area (Å²) in [4.78, 5) is 3.83. The third-order valence-electron chi connectivity index (χ3n) is 3.31. The summed E-state index contributed by atoms with van der Waals surface area (Å²) in [6, 6.07) is 7.00. The topological polar surface area (TPSA) is 91.5 Å². The number of rotatable bonds is 4. The van der Waals surface area contributed by atoms with Crippen LogP contribution in [0.4, 0.5) is 0 Å². The Morgan fingerprint density at radius 3 is 2.48 bits per heavy atom. The van der Waals surface area contributed by atoms with E-state index < -0.39 is 30.7 Å². The molecule has 114 valence electrons. The molecule has 1 aliphatic heterocycles. The summed E-state index contributed by atoms with van der Waals surface area (Å²) in [5.41, 5.74) is 0.939. The molecule has 1 saturated heterocycles. The van der Waals surface area contributed by atoms with Gasteiger partial charge in [-0.25, -0.2) is 4.99 Å². The van der Waals surface area contributed by atoms with Gasteiger partial charge >= 0.3 is 0 Å². The summed E-state index contributed by atoms with van der Waals surface area (Å²) in [6.45, 7) is 2.04. The predicted molar refractivity (Wildman–Crippen MR) is 78.2 cm³/mol. The van der Waals surface area contributed by atoms with Crippen molar-refractivity contribution in [3.8, 4) is 5.75 Å². The van der Waals surface area contributed by atoms with E-state index in [-0.39, 0.29) is 0 Å². The van der Waals surface area contributed by atoms with Crippen molar-refractivity contribution in [3.05, 3.63) is 29.8 Å². The minimum Gasteiger partial charge on any atom is -0.462 e. The number of hydrogen-bond donors (Lipinski definition) is 3. The third kappa shape index (κ3) is 3.85. The number of isothiocyanates is 1. The first-order valence-corrected chi connectivity index (χ1v) is 6.92. The molecule has 0 saturated carbocycles. The number of nitrogens with zero attached hydrogens (tertiary/aromatic N) is 1. The van der Waals surface area contributed by atoms with Gasteiger partial charge in [-0.2, -0.15) is 0 Å². The van der Waals surface area contributed by atoms with Gasteiger partial charge in [0.05, 0.1) is 17.8 Å². The molecule has 3 N–H and O–H groups in total. The predicted octanol–water partition coefficient (Wildman–Crippen LogP) is 0.496. The molecule has 6 nitrogen and oxygen atoms in total. The second kappa shape index (κ2) is 7.09. The fraction of sp³-hybridized carbons (Fsp3) is 0.500. The van der Waals surface area contributed by atoms with Gasteiger partial charge in [-0.3, -0.25) is 0 Å². The minimum atomic E-state index is -1.32. The van der Waals surface area contributed by atoms with E-state index in [0.29, 0.717) is 12.3 Å². The van der Waals surface area contributed by atoms with Gasteiger partial charge in [0.25, 0.3) is 0 Å². The highest BCUT2D eigenvalue weighted by molar-refractivity contribution is 7.78. The van der Waals surface area contributed by atoms with Gasteiger partial charge in [-0.05, 0) is 36.8 Å². The summed E-state index contributed by atoms with van der Waals surface area (Å²) >= 11 is 4.50. The van der Waals surface area contributed by atoms with E-state index in [9.17, 15) is 15.3 Å². The molecule has 5 atom stereocenters. The first kappa shape index (κ1) is 16.0. The zero-order valence-corrected chi connectivity index (χ0v) is 12.2. The second-order valence-electron chi connectivity index (χ2n) is 4.85. The van der Waals surface area contributed by atoms with Crippen LogP contribution in [0.1, 0.15) is 12.5 Å². The van der Waals surface area contributed by atoms with Crippen molar-refractivity contribution in [2.45, 2.75) is 44.2 Å². The Bertz CT molecular complexity index is 517. The Balaban J connectivity index is 2.02. The van der Waals surface area contributed by atoms with Crippen LogP contribution in [-0.2, 0) is 11.3 Å². The van der Waals surface area contributed by atoms with Gasteiger partial charge in [0.15, 0.2) is 0 Å². The molecule has 0 radical (unpaired) electrons. The Labute approximate surface area is 127 Å². The molecule has 1 heterocycles. The molecule has 1 aliphatic rings. The zero-order chi connectivity index (χ0) is 15.4. The molecule has 0 aromatic heterocycles. The number of benzene rings is 1. The number of ether oxygens (including phenoxy) is 2. The van der Waals surface area contributed by atoms with Crippen LogP contribution in [0.3, 0.4) is 0 Å². The monoisotopic (exact) mass is 311 g/mol. The number of aliphatic hydroxyl groups is 3. The Morgan fingerprint density at radius 2 is 1.86 bits per heavy atom.